The number of fused-ring (bicyclic) bond motifs is 2. The molecule has 5 rings (SSSR count). The van der Waals surface area contributed by atoms with Crippen LogP contribution in [0.5, 0.6) is 0 Å². The first-order valence-electron chi connectivity index (χ1n) is 17.9. The molecule has 3 aromatic carbocycles. The summed E-state index contributed by atoms with van der Waals surface area (Å²) in [7, 11) is 0. The van der Waals surface area contributed by atoms with E-state index in [1.165, 1.54) is 64.1 Å². The van der Waals surface area contributed by atoms with Gasteiger partial charge in [0.2, 0.25) is 0 Å². The normalized spacial score (nSPS) is 15.8. The number of ketones is 1. The SMILES string of the molecule is CC(C)C/C(O)=C/C(=O)C(C)(C)C(F)(F)F.Cc1cc(C)c2c(C3CCC(C)(C)CC3)cc(-c3[c-]c4ccccc4c(C(C)(C)C)c3)nc2c1.[Ir]. The average Bonchev–Trinajstić information content (AvgIpc) is 2.98. The van der Waals surface area contributed by atoms with Crippen LogP contribution < -0.4 is 0 Å². The first-order chi connectivity index (χ1) is 23.0. The van der Waals surface area contributed by atoms with Gasteiger partial charge in [-0.2, -0.15) is 13.2 Å². The zero-order valence-corrected chi connectivity index (χ0v) is 34.6. The molecule has 0 spiro atoms. The maximum absolute atomic E-state index is 12.5. The number of allylic oxidation sites excluding steroid dienone is 2. The van der Waals surface area contributed by atoms with E-state index in [1.54, 1.807) is 13.8 Å². The smallest absolute Gasteiger partial charge is 0.401 e. The van der Waals surface area contributed by atoms with Crippen LogP contribution in [0, 0.1) is 36.7 Å². The first kappa shape index (κ1) is 42.4. The van der Waals surface area contributed by atoms with Gasteiger partial charge in [-0.15, -0.1) is 29.1 Å². The average molecular weight is 879 g/mol. The van der Waals surface area contributed by atoms with Gasteiger partial charge in [0, 0.05) is 43.7 Å². The van der Waals surface area contributed by atoms with Crippen molar-refractivity contribution in [3.05, 3.63) is 88.7 Å². The van der Waals surface area contributed by atoms with Crippen molar-refractivity contribution in [2.75, 3.05) is 0 Å². The molecule has 1 aliphatic rings. The van der Waals surface area contributed by atoms with Crippen molar-refractivity contribution in [3.63, 3.8) is 0 Å². The Kier molecular flexibility index (Phi) is 13.2. The summed E-state index contributed by atoms with van der Waals surface area (Å²) in [5.74, 6) is -0.755. The second kappa shape index (κ2) is 15.9. The summed E-state index contributed by atoms with van der Waals surface area (Å²) < 4.78 is 37.4. The van der Waals surface area contributed by atoms with Gasteiger partial charge in [0.25, 0.3) is 0 Å². The monoisotopic (exact) mass is 879 g/mol. The van der Waals surface area contributed by atoms with Crippen molar-refractivity contribution in [2.45, 2.75) is 126 Å². The molecule has 1 N–H and O–H groups in total. The predicted molar refractivity (Wildman–Crippen MR) is 202 cm³/mol. The van der Waals surface area contributed by atoms with Crippen molar-refractivity contribution < 1.29 is 43.2 Å². The summed E-state index contributed by atoms with van der Waals surface area (Å²) in [5, 5.41) is 13.1. The van der Waals surface area contributed by atoms with Crippen LogP contribution in [0.3, 0.4) is 0 Å². The molecule has 1 fully saturated rings. The third-order valence-corrected chi connectivity index (χ3v) is 10.2. The minimum absolute atomic E-state index is 0. The van der Waals surface area contributed by atoms with E-state index >= 15 is 0 Å². The van der Waals surface area contributed by atoms with Crippen molar-refractivity contribution in [1.82, 2.24) is 4.98 Å². The second-order valence-corrected chi connectivity index (χ2v) is 17.1. The van der Waals surface area contributed by atoms with Crippen LogP contribution in [-0.4, -0.2) is 22.1 Å². The molecule has 0 atom stereocenters. The van der Waals surface area contributed by atoms with Gasteiger partial charge in [-0.1, -0.05) is 89.7 Å². The van der Waals surface area contributed by atoms with Gasteiger partial charge >= 0.3 is 6.18 Å². The number of rotatable bonds is 6. The molecule has 0 bridgehead atoms. The van der Waals surface area contributed by atoms with Crippen molar-refractivity contribution in [1.29, 1.82) is 0 Å². The molecule has 1 aromatic heterocycles. The van der Waals surface area contributed by atoms with Crippen LogP contribution >= 0.6 is 0 Å². The topological polar surface area (TPSA) is 50.2 Å². The van der Waals surface area contributed by atoms with E-state index in [0.29, 0.717) is 17.4 Å². The molecule has 0 unspecified atom stereocenters. The third kappa shape index (κ3) is 10.1. The molecular weight excluding hydrogens is 824 g/mol. The molecule has 0 amide bonds. The number of hydrogen-bond acceptors (Lipinski definition) is 3. The van der Waals surface area contributed by atoms with Crippen LogP contribution in [0.2, 0.25) is 0 Å². The van der Waals surface area contributed by atoms with E-state index in [4.69, 9.17) is 4.98 Å². The van der Waals surface area contributed by atoms with Crippen LogP contribution in [0.15, 0.2) is 60.4 Å². The molecule has 1 aliphatic carbocycles. The largest absolute Gasteiger partial charge is 0.512 e. The number of nitrogens with zero attached hydrogens (tertiary/aromatic N) is 1. The van der Waals surface area contributed by atoms with Gasteiger partial charge < -0.3 is 5.11 Å². The Morgan fingerprint density at radius 1 is 1.00 bits per heavy atom. The van der Waals surface area contributed by atoms with Crippen molar-refractivity contribution in [3.8, 4) is 11.3 Å². The van der Waals surface area contributed by atoms with E-state index in [-0.39, 0.29) is 43.6 Å². The minimum Gasteiger partial charge on any atom is -0.512 e. The molecule has 51 heavy (non-hydrogen) atoms. The fourth-order valence-electron chi connectivity index (χ4n) is 6.90. The number of carbonyl (C=O) groups excluding carboxylic acids is 1. The van der Waals surface area contributed by atoms with E-state index in [9.17, 15) is 23.1 Å². The number of aliphatic hydroxyl groups excluding tert-OH is 1. The van der Waals surface area contributed by atoms with Crippen LogP contribution in [0.4, 0.5) is 13.2 Å². The number of aromatic nitrogens is 1. The summed E-state index contributed by atoms with van der Waals surface area (Å²) in [6.07, 6.45) is 1.35. The number of aryl methyl sites for hydroxylation is 2. The summed E-state index contributed by atoms with van der Waals surface area (Å²) in [6.45, 7) is 21.4. The van der Waals surface area contributed by atoms with Crippen LogP contribution in [-0.2, 0) is 30.3 Å². The summed E-state index contributed by atoms with van der Waals surface area (Å²) in [6, 6.07) is 21.7. The van der Waals surface area contributed by atoms with Crippen LogP contribution in [0.25, 0.3) is 32.9 Å². The van der Waals surface area contributed by atoms with E-state index in [1.807, 2.05) is 0 Å². The Balaban J connectivity index is 0.000000353. The van der Waals surface area contributed by atoms with E-state index in [2.05, 4.69) is 103 Å². The van der Waals surface area contributed by atoms with Gasteiger partial charge in [-0.05, 0) is 98.8 Å². The Bertz CT molecular complexity index is 1890. The molecule has 1 radical (unpaired) electrons. The zero-order chi connectivity index (χ0) is 37.4. The fraction of sp³-hybridized carbons (Fsp3) is 0.500. The van der Waals surface area contributed by atoms with Gasteiger partial charge in [0.15, 0.2) is 5.78 Å². The molecule has 0 saturated heterocycles. The number of hydrogen-bond donors (Lipinski definition) is 1. The number of aliphatic hydroxyl groups is 1. The quantitative estimate of drug-likeness (QED) is 0.119. The third-order valence-electron chi connectivity index (χ3n) is 10.2. The molecule has 0 aliphatic heterocycles. The number of pyridine rings is 1. The predicted octanol–water partition coefficient (Wildman–Crippen LogP) is 13.1. The Hall–Kier alpha value is -3.02. The maximum atomic E-state index is 12.5. The summed E-state index contributed by atoms with van der Waals surface area (Å²) >= 11 is 0. The van der Waals surface area contributed by atoms with E-state index in [0.717, 1.165) is 30.6 Å². The van der Waals surface area contributed by atoms with Crippen molar-refractivity contribution >= 4 is 27.5 Å². The number of carbonyl (C=O) groups is 1. The standard InChI is InChI=1S/C33H38N.C11H17F3O2.Ir/c1-21-16-22(2)31-27(23-12-14-33(6,7)15-13-23)20-29(34-30(31)17-21)25-18-24-10-8-9-11-26(24)28(19-25)32(3,4)5;1-7(2)5-8(15)6-9(16)10(3,4)11(12,13)14;/h8-11,16-17,19-20,23H,12-15H2,1-7H3;6-7,15H,5H2,1-4H3;/q-1;;/b;8-6-;. The van der Waals surface area contributed by atoms with Gasteiger partial charge in [0.1, 0.15) is 5.41 Å². The zero-order valence-electron chi connectivity index (χ0n) is 32.2. The molecule has 279 valence electrons. The minimum atomic E-state index is -4.61. The summed E-state index contributed by atoms with van der Waals surface area (Å²) in [5.41, 5.74) is 6.84. The molecule has 1 saturated carbocycles. The Morgan fingerprint density at radius 3 is 2.18 bits per heavy atom. The van der Waals surface area contributed by atoms with E-state index < -0.39 is 17.4 Å². The number of halogens is 3. The van der Waals surface area contributed by atoms with Gasteiger partial charge in [-0.25, -0.2) is 0 Å². The maximum Gasteiger partial charge on any atom is 0.401 e. The second-order valence-electron chi connectivity index (χ2n) is 17.1. The number of alkyl halides is 3. The molecular formula is C44H55F3IrNO2-. The summed E-state index contributed by atoms with van der Waals surface area (Å²) in [4.78, 5) is 16.6. The van der Waals surface area contributed by atoms with Crippen LogP contribution in [0.1, 0.15) is 123 Å². The van der Waals surface area contributed by atoms with Gasteiger partial charge in [-0.3, -0.25) is 9.78 Å². The fourth-order valence-corrected chi connectivity index (χ4v) is 6.90. The molecule has 7 heteroatoms. The Labute approximate surface area is 316 Å². The van der Waals surface area contributed by atoms with Gasteiger partial charge in [0.05, 0.1) is 11.3 Å². The molecule has 1 heterocycles. The molecule has 4 aromatic rings. The Morgan fingerprint density at radius 2 is 1.61 bits per heavy atom. The first-order valence-corrected chi connectivity index (χ1v) is 17.9. The molecule has 3 nitrogen and oxygen atoms in total. The number of benzene rings is 3. The van der Waals surface area contributed by atoms with Crippen molar-refractivity contribution in [2.24, 2.45) is 16.7 Å².